The van der Waals surface area contributed by atoms with E-state index in [0.717, 1.165) is 12.8 Å². The Labute approximate surface area is 96.8 Å². The zero-order valence-electron chi connectivity index (χ0n) is 8.21. The van der Waals surface area contributed by atoms with E-state index >= 15 is 0 Å². The van der Waals surface area contributed by atoms with Crippen molar-refractivity contribution in [3.63, 3.8) is 0 Å². The lowest BCUT2D eigenvalue weighted by Crippen LogP contribution is -2.26. The minimum atomic E-state index is -1.13. The van der Waals surface area contributed by atoms with Crippen molar-refractivity contribution in [1.29, 1.82) is 0 Å². The molecule has 80 valence electrons. The van der Waals surface area contributed by atoms with Crippen LogP contribution in [-0.2, 0) is 5.60 Å². The van der Waals surface area contributed by atoms with Crippen LogP contribution in [0, 0.1) is 5.82 Å². The predicted octanol–water partition coefficient (Wildman–Crippen LogP) is 3.52. The van der Waals surface area contributed by atoms with Crippen LogP contribution in [0.4, 0.5) is 4.39 Å². The summed E-state index contributed by atoms with van der Waals surface area (Å²) < 4.78 is 14.2. The predicted molar refractivity (Wildman–Crippen MR) is 61.0 cm³/mol. The van der Waals surface area contributed by atoms with Crippen LogP contribution in [0.2, 0.25) is 0 Å². The van der Waals surface area contributed by atoms with E-state index in [0.29, 0.717) is 16.5 Å². The highest BCUT2D eigenvalue weighted by atomic mass is 79.9. The lowest BCUT2D eigenvalue weighted by molar-refractivity contribution is 0.0686. The number of aliphatic hydroxyl groups is 1. The SMILES string of the molecule is OC1(c2cccc(Br)c2F)C=CCCC1. The smallest absolute Gasteiger partial charge is 0.143 e. The van der Waals surface area contributed by atoms with Gasteiger partial charge in [0.25, 0.3) is 0 Å². The fourth-order valence-corrected chi connectivity index (χ4v) is 2.28. The Morgan fingerprint density at radius 2 is 2.20 bits per heavy atom. The molecule has 3 heteroatoms. The fraction of sp³-hybridized carbons (Fsp3) is 0.333. The Balaban J connectivity index is 2.48. The number of allylic oxidation sites excluding steroid dienone is 1. The van der Waals surface area contributed by atoms with Gasteiger partial charge in [-0.25, -0.2) is 4.39 Å². The second-order valence-corrected chi connectivity index (χ2v) is 4.67. The van der Waals surface area contributed by atoms with Gasteiger partial charge in [-0.15, -0.1) is 0 Å². The Kier molecular flexibility index (Phi) is 2.94. The molecule has 1 aromatic carbocycles. The van der Waals surface area contributed by atoms with E-state index in [4.69, 9.17) is 0 Å². The first kappa shape index (κ1) is 10.8. The second-order valence-electron chi connectivity index (χ2n) is 3.82. The summed E-state index contributed by atoms with van der Waals surface area (Å²) in [5, 5.41) is 10.3. The molecule has 0 bridgehead atoms. The van der Waals surface area contributed by atoms with Gasteiger partial charge in [0, 0.05) is 5.56 Å². The number of benzene rings is 1. The largest absolute Gasteiger partial charge is 0.381 e. The Hall–Kier alpha value is -0.670. The molecule has 0 amide bonds. The zero-order valence-corrected chi connectivity index (χ0v) is 9.80. The molecule has 1 aliphatic carbocycles. The number of hydrogen-bond donors (Lipinski definition) is 1. The summed E-state index contributed by atoms with van der Waals surface area (Å²) in [5.41, 5.74) is -0.778. The summed E-state index contributed by atoms with van der Waals surface area (Å²) in [6.07, 6.45) is 6.03. The molecule has 2 rings (SSSR count). The molecule has 0 aliphatic heterocycles. The standard InChI is InChI=1S/C12H12BrFO/c13-10-6-4-5-9(11(10)14)12(15)7-2-1-3-8-12/h2,4-7,15H,1,3,8H2. The van der Waals surface area contributed by atoms with E-state index in [9.17, 15) is 9.50 Å². The van der Waals surface area contributed by atoms with Crippen LogP contribution >= 0.6 is 15.9 Å². The fourth-order valence-electron chi connectivity index (χ4n) is 1.91. The minimum absolute atomic E-state index is 0.354. The highest BCUT2D eigenvalue weighted by Gasteiger charge is 2.30. The second kappa shape index (κ2) is 4.06. The molecule has 1 N–H and O–H groups in total. The van der Waals surface area contributed by atoms with Crippen molar-refractivity contribution in [1.82, 2.24) is 0 Å². The Morgan fingerprint density at radius 1 is 1.40 bits per heavy atom. The molecular weight excluding hydrogens is 259 g/mol. The van der Waals surface area contributed by atoms with Gasteiger partial charge >= 0.3 is 0 Å². The third-order valence-corrected chi connectivity index (χ3v) is 3.35. The van der Waals surface area contributed by atoms with Crippen LogP contribution in [0.1, 0.15) is 24.8 Å². The van der Waals surface area contributed by atoms with Crippen molar-refractivity contribution in [2.75, 3.05) is 0 Å². The topological polar surface area (TPSA) is 20.2 Å². The van der Waals surface area contributed by atoms with Gasteiger partial charge in [0.1, 0.15) is 11.4 Å². The molecule has 0 aromatic heterocycles. The maximum Gasteiger partial charge on any atom is 0.143 e. The molecule has 0 spiro atoms. The van der Waals surface area contributed by atoms with Gasteiger partial charge in [0.05, 0.1) is 4.47 Å². The lowest BCUT2D eigenvalue weighted by Gasteiger charge is -2.28. The van der Waals surface area contributed by atoms with E-state index < -0.39 is 5.60 Å². The molecule has 1 aliphatic rings. The third-order valence-electron chi connectivity index (χ3n) is 2.74. The van der Waals surface area contributed by atoms with Crippen molar-refractivity contribution in [2.45, 2.75) is 24.9 Å². The summed E-state index contributed by atoms with van der Waals surface area (Å²) in [5.74, 6) is -0.369. The molecule has 0 fully saturated rings. The Bertz CT molecular complexity index is 403. The molecule has 1 aromatic rings. The molecule has 1 atom stereocenters. The van der Waals surface area contributed by atoms with Crippen LogP contribution < -0.4 is 0 Å². The summed E-state index contributed by atoms with van der Waals surface area (Å²) in [6.45, 7) is 0. The molecule has 0 radical (unpaired) electrons. The van der Waals surface area contributed by atoms with Gasteiger partial charge in [0.15, 0.2) is 0 Å². The highest BCUT2D eigenvalue weighted by Crippen LogP contribution is 2.35. The third kappa shape index (κ3) is 1.99. The first-order valence-electron chi connectivity index (χ1n) is 4.98. The number of halogens is 2. The van der Waals surface area contributed by atoms with Crippen LogP contribution in [-0.4, -0.2) is 5.11 Å². The summed E-state index contributed by atoms with van der Waals surface area (Å²) in [6, 6.07) is 5.01. The molecular formula is C12H12BrFO. The molecule has 1 nitrogen and oxygen atoms in total. The van der Waals surface area contributed by atoms with Gasteiger partial charge in [-0.05, 0) is 41.3 Å². The van der Waals surface area contributed by atoms with Gasteiger partial charge in [0.2, 0.25) is 0 Å². The first-order chi connectivity index (χ1) is 7.13. The quantitative estimate of drug-likeness (QED) is 0.775. The molecule has 15 heavy (non-hydrogen) atoms. The summed E-state index contributed by atoms with van der Waals surface area (Å²) >= 11 is 3.13. The van der Waals surface area contributed by atoms with Crippen LogP contribution in [0.5, 0.6) is 0 Å². The van der Waals surface area contributed by atoms with Crippen molar-refractivity contribution in [2.24, 2.45) is 0 Å². The van der Waals surface area contributed by atoms with E-state index in [2.05, 4.69) is 15.9 Å². The normalized spacial score (nSPS) is 25.5. The van der Waals surface area contributed by atoms with Crippen molar-refractivity contribution < 1.29 is 9.50 Å². The molecule has 0 saturated heterocycles. The zero-order chi connectivity index (χ0) is 10.9. The lowest BCUT2D eigenvalue weighted by atomic mass is 9.84. The maximum atomic E-state index is 13.8. The highest BCUT2D eigenvalue weighted by molar-refractivity contribution is 9.10. The van der Waals surface area contributed by atoms with Gasteiger partial charge in [-0.2, -0.15) is 0 Å². The van der Waals surface area contributed by atoms with Crippen LogP contribution in [0.25, 0.3) is 0 Å². The van der Waals surface area contributed by atoms with Crippen molar-refractivity contribution in [3.8, 4) is 0 Å². The maximum absolute atomic E-state index is 13.8. The molecule has 0 heterocycles. The molecule has 1 unspecified atom stereocenters. The average molecular weight is 271 g/mol. The van der Waals surface area contributed by atoms with Crippen LogP contribution in [0.15, 0.2) is 34.8 Å². The van der Waals surface area contributed by atoms with Gasteiger partial charge in [-0.1, -0.05) is 24.3 Å². The Morgan fingerprint density at radius 3 is 2.87 bits per heavy atom. The number of hydrogen-bond acceptors (Lipinski definition) is 1. The van der Waals surface area contributed by atoms with Crippen LogP contribution in [0.3, 0.4) is 0 Å². The van der Waals surface area contributed by atoms with E-state index in [-0.39, 0.29) is 5.82 Å². The van der Waals surface area contributed by atoms with Gasteiger partial charge < -0.3 is 5.11 Å². The monoisotopic (exact) mass is 270 g/mol. The van der Waals surface area contributed by atoms with Gasteiger partial charge in [-0.3, -0.25) is 0 Å². The summed E-state index contributed by atoms with van der Waals surface area (Å²) in [4.78, 5) is 0. The summed E-state index contributed by atoms with van der Waals surface area (Å²) in [7, 11) is 0. The van der Waals surface area contributed by atoms with Crippen molar-refractivity contribution in [3.05, 3.63) is 46.2 Å². The van der Waals surface area contributed by atoms with Crippen molar-refractivity contribution >= 4 is 15.9 Å². The van der Waals surface area contributed by atoms with E-state index in [1.165, 1.54) is 0 Å². The minimum Gasteiger partial charge on any atom is -0.381 e. The van der Waals surface area contributed by atoms with E-state index in [1.807, 2.05) is 6.08 Å². The average Bonchev–Trinajstić information content (AvgIpc) is 2.23. The number of rotatable bonds is 1. The van der Waals surface area contributed by atoms with E-state index in [1.54, 1.807) is 24.3 Å². The first-order valence-corrected chi connectivity index (χ1v) is 5.77. The molecule has 0 saturated carbocycles.